The summed E-state index contributed by atoms with van der Waals surface area (Å²) in [4.78, 5) is 39.5. The summed E-state index contributed by atoms with van der Waals surface area (Å²) < 4.78 is 0. The number of urea groups is 1. The third-order valence-corrected chi connectivity index (χ3v) is 5.59. The first-order valence-electron chi connectivity index (χ1n) is 10.3. The molecule has 8 nitrogen and oxygen atoms in total. The van der Waals surface area contributed by atoms with Gasteiger partial charge in [-0.1, -0.05) is 12.1 Å². The molecule has 8 heteroatoms. The van der Waals surface area contributed by atoms with Crippen molar-refractivity contribution >= 4 is 28.7 Å². The molecule has 0 spiro atoms. The van der Waals surface area contributed by atoms with Crippen LogP contribution in [0.3, 0.4) is 0 Å². The van der Waals surface area contributed by atoms with E-state index in [9.17, 15) is 9.59 Å². The summed E-state index contributed by atoms with van der Waals surface area (Å²) in [5.74, 6) is 1.79. The summed E-state index contributed by atoms with van der Waals surface area (Å²) in [5.41, 5.74) is 6.44. The van der Waals surface area contributed by atoms with E-state index in [1.165, 1.54) is 4.90 Å². The SMILES string of the molecule is CC(C)N(C(N)=O)c1nc(CN2CCN(C(=O)C3CC3)CC2)nc2ccccc12. The summed E-state index contributed by atoms with van der Waals surface area (Å²) in [6.45, 7) is 7.49. The molecule has 0 radical (unpaired) electrons. The molecule has 2 heterocycles. The molecule has 0 unspecified atom stereocenters. The van der Waals surface area contributed by atoms with Crippen molar-refractivity contribution in [2.24, 2.45) is 11.7 Å². The predicted molar refractivity (Wildman–Crippen MR) is 111 cm³/mol. The van der Waals surface area contributed by atoms with Crippen LogP contribution in [0.15, 0.2) is 24.3 Å². The Hall–Kier alpha value is -2.74. The van der Waals surface area contributed by atoms with E-state index >= 15 is 0 Å². The molecule has 3 amide bonds. The van der Waals surface area contributed by atoms with Crippen molar-refractivity contribution in [1.82, 2.24) is 19.8 Å². The largest absolute Gasteiger partial charge is 0.351 e. The molecule has 4 rings (SSSR count). The maximum absolute atomic E-state index is 12.3. The second-order valence-electron chi connectivity index (χ2n) is 8.16. The standard InChI is InChI=1S/C21H28N6O2/c1-14(2)27(21(22)29)19-16-5-3-4-6-17(16)23-18(24-19)13-25-9-11-26(12-10-25)20(28)15-7-8-15/h3-6,14-15H,7-13H2,1-2H3,(H2,22,29). The molecular formula is C21H28N6O2. The minimum Gasteiger partial charge on any atom is -0.351 e. The molecule has 0 bridgehead atoms. The number of para-hydroxylation sites is 1. The van der Waals surface area contributed by atoms with Crippen LogP contribution in [0.1, 0.15) is 32.5 Å². The molecule has 154 valence electrons. The Morgan fingerprint density at radius 2 is 1.83 bits per heavy atom. The van der Waals surface area contributed by atoms with Gasteiger partial charge in [-0.2, -0.15) is 0 Å². The highest BCUT2D eigenvalue weighted by molar-refractivity contribution is 6.00. The lowest BCUT2D eigenvalue weighted by molar-refractivity contribution is -0.134. The zero-order valence-electron chi connectivity index (χ0n) is 17.0. The minimum absolute atomic E-state index is 0.115. The number of anilines is 1. The highest BCUT2D eigenvalue weighted by atomic mass is 16.2. The number of rotatable bonds is 5. The number of amides is 3. The number of fused-ring (bicyclic) bond motifs is 1. The van der Waals surface area contributed by atoms with Gasteiger partial charge >= 0.3 is 6.03 Å². The fourth-order valence-corrected chi connectivity index (χ4v) is 3.88. The van der Waals surface area contributed by atoms with Gasteiger partial charge in [0.05, 0.1) is 12.1 Å². The highest BCUT2D eigenvalue weighted by Crippen LogP contribution is 2.31. The van der Waals surface area contributed by atoms with Gasteiger partial charge < -0.3 is 10.6 Å². The lowest BCUT2D eigenvalue weighted by Gasteiger charge is -2.34. The molecule has 1 aromatic carbocycles. The Balaban J connectivity index is 1.55. The second-order valence-corrected chi connectivity index (χ2v) is 8.16. The summed E-state index contributed by atoms with van der Waals surface area (Å²) >= 11 is 0. The zero-order valence-corrected chi connectivity index (χ0v) is 17.0. The number of carbonyl (C=O) groups is 2. The van der Waals surface area contributed by atoms with E-state index in [1.54, 1.807) is 0 Å². The van der Waals surface area contributed by atoms with Crippen LogP contribution < -0.4 is 10.6 Å². The number of aromatic nitrogens is 2. The number of nitrogens with zero attached hydrogens (tertiary/aromatic N) is 5. The van der Waals surface area contributed by atoms with E-state index in [2.05, 4.69) is 4.90 Å². The van der Waals surface area contributed by atoms with E-state index in [-0.39, 0.29) is 12.0 Å². The third kappa shape index (κ3) is 4.17. The molecule has 2 N–H and O–H groups in total. The van der Waals surface area contributed by atoms with Crippen LogP contribution in [0.4, 0.5) is 10.6 Å². The molecule has 1 saturated carbocycles. The van der Waals surface area contributed by atoms with Crippen molar-refractivity contribution in [3.8, 4) is 0 Å². The topological polar surface area (TPSA) is 95.7 Å². The fourth-order valence-electron chi connectivity index (χ4n) is 3.88. The quantitative estimate of drug-likeness (QED) is 0.834. The Kier molecular flexibility index (Phi) is 5.36. The molecule has 0 atom stereocenters. The number of hydrogen-bond acceptors (Lipinski definition) is 5. The van der Waals surface area contributed by atoms with E-state index in [4.69, 9.17) is 15.7 Å². The van der Waals surface area contributed by atoms with E-state index in [0.29, 0.717) is 24.1 Å². The first kappa shape index (κ1) is 19.6. The Morgan fingerprint density at radius 3 is 2.45 bits per heavy atom. The summed E-state index contributed by atoms with van der Waals surface area (Å²) in [7, 11) is 0. The molecule has 1 aromatic heterocycles. The normalized spacial score (nSPS) is 17.7. The number of benzene rings is 1. The van der Waals surface area contributed by atoms with E-state index < -0.39 is 6.03 Å². The van der Waals surface area contributed by atoms with Crippen LogP contribution in [-0.4, -0.2) is 63.9 Å². The van der Waals surface area contributed by atoms with Gasteiger partial charge in [0, 0.05) is 43.5 Å². The molecule has 1 aliphatic heterocycles. The number of piperazine rings is 1. The van der Waals surface area contributed by atoms with Crippen LogP contribution in [0.25, 0.3) is 10.9 Å². The summed E-state index contributed by atoms with van der Waals surface area (Å²) in [6.07, 6.45) is 2.08. The molecule has 2 aliphatic rings. The Labute approximate surface area is 170 Å². The summed E-state index contributed by atoms with van der Waals surface area (Å²) in [5, 5.41) is 0.809. The number of hydrogen-bond donors (Lipinski definition) is 1. The van der Waals surface area contributed by atoms with Crippen molar-refractivity contribution in [2.45, 2.75) is 39.3 Å². The van der Waals surface area contributed by atoms with Gasteiger partial charge in [-0.05, 0) is 38.8 Å². The second kappa shape index (κ2) is 7.94. The van der Waals surface area contributed by atoms with Gasteiger partial charge in [0.25, 0.3) is 0 Å². The van der Waals surface area contributed by atoms with Crippen LogP contribution in [0.2, 0.25) is 0 Å². The van der Waals surface area contributed by atoms with Crippen LogP contribution in [0, 0.1) is 5.92 Å². The van der Waals surface area contributed by atoms with Gasteiger partial charge in [0.2, 0.25) is 5.91 Å². The third-order valence-electron chi connectivity index (χ3n) is 5.59. The van der Waals surface area contributed by atoms with Crippen molar-refractivity contribution in [3.05, 3.63) is 30.1 Å². The number of carbonyl (C=O) groups excluding carboxylic acids is 2. The lowest BCUT2D eigenvalue weighted by atomic mass is 10.2. The lowest BCUT2D eigenvalue weighted by Crippen LogP contribution is -2.49. The first-order valence-corrected chi connectivity index (χ1v) is 10.3. The average Bonchev–Trinajstić information content (AvgIpc) is 3.53. The molecule has 1 aliphatic carbocycles. The number of nitrogens with two attached hydrogens (primary N) is 1. The van der Waals surface area contributed by atoms with Crippen molar-refractivity contribution in [3.63, 3.8) is 0 Å². The molecular weight excluding hydrogens is 368 g/mol. The highest BCUT2D eigenvalue weighted by Gasteiger charge is 2.34. The maximum Gasteiger partial charge on any atom is 0.320 e. The van der Waals surface area contributed by atoms with Crippen LogP contribution in [0.5, 0.6) is 0 Å². The van der Waals surface area contributed by atoms with E-state index in [0.717, 1.165) is 49.9 Å². The molecule has 29 heavy (non-hydrogen) atoms. The molecule has 2 aromatic rings. The zero-order chi connectivity index (χ0) is 20.5. The van der Waals surface area contributed by atoms with Gasteiger partial charge in [0.1, 0.15) is 11.6 Å². The van der Waals surface area contributed by atoms with Gasteiger partial charge in [-0.3, -0.25) is 14.6 Å². The maximum atomic E-state index is 12.3. The van der Waals surface area contributed by atoms with Crippen LogP contribution in [-0.2, 0) is 11.3 Å². The average molecular weight is 396 g/mol. The molecule has 2 fully saturated rings. The summed E-state index contributed by atoms with van der Waals surface area (Å²) in [6, 6.07) is 7.03. The smallest absolute Gasteiger partial charge is 0.320 e. The molecule has 1 saturated heterocycles. The monoisotopic (exact) mass is 396 g/mol. The van der Waals surface area contributed by atoms with Crippen molar-refractivity contribution in [1.29, 1.82) is 0 Å². The first-order chi connectivity index (χ1) is 13.9. The van der Waals surface area contributed by atoms with Gasteiger partial charge in [-0.15, -0.1) is 0 Å². The minimum atomic E-state index is -0.526. The fraction of sp³-hybridized carbons (Fsp3) is 0.524. The van der Waals surface area contributed by atoms with E-state index in [1.807, 2.05) is 43.0 Å². The Bertz CT molecular complexity index is 919. The van der Waals surface area contributed by atoms with Gasteiger partial charge in [0.15, 0.2) is 0 Å². The van der Waals surface area contributed by atoms with Crippen molar-refractivity contribution < 1.29 is 9.59 Å². The predicted octanol–water partition coefficient (Wildman–Crippen LogP) is 1.98. The van der Waals surface area contributed by atoms with Crippen molar-refractivity contribution in [2.75, 3.05) is 31.1 Å². The Morgan fingerprint density at radius 1 is 1.14 bits per heavy atom. The van der Waals surface area contributed by atoms with Crippen LogP contribution >= 0.6 is 0 Å². The number of primary amides is 1. The van der Waals surface area contributed by atoms with Gasteiger partial charge in [-0.25, -0.2) is 14.8 Å².